The van der Waals surface area contributed by atoms with Crippen LogP contribution in [0.4, 0.5) is 14.5 Å². The maximum absolute atomic E-state index is 13.9. The molecule has 4 nitrogen and oxygen atoms in total. The van der Waals surface area contributed by atoms with E-state index in [1.54, 1.807) is 0 Å². The summed E-state index contributed by atoms with van der Waals surface area (Å²) in [6.45, 7) is 0. The number of pyridine rings is 1. The smallest absolute Gasteiger partial charge is 0.267 e. The molecule has 1 heterocycles. The van der Waals surface area contributed by atoms with Crippen molar-refractivity contribution < 1.29 is 13.6 Å². The Morgan fingerprint density at radius 2 is 1.55 bits per heavy atom. The third-order valence-corrected chi connectivity index (χ3v) is 4.90. The van der Waals surface area contributed by atoms with E-state index in [-0.39, 0.29) is 17.2 Å². The van der Waals surface area contributed by atoms with E-state index in [9.17, 15) is 13.6 Å². The summed E-state index contributed by atoms with van der Waals surface area (Å²) in [5, 5.41) is 0. The van der Waals surface area contributed by atoms with Crippen molar-refractivity contribution in [2.75, 3.05) is 0 Å². The van der Waals surface area contributed by atoms with Gasteiger partial charge in [0.2, 0.25) is 0 Å². The number of carbonyl (C=O) groups is 1. The van der Waals surface area contributed by atoms with Crippen molar-refractivity contribution >= 4 is 17.3 Å². The Morgan fingerprint density at radius 3 is 2.00 bits per heavy atom. The standard InChI is InChI=1S/C23H19F2N3O/c24-22(25)19-18(14-11-12-14)17(13-27-21(19)23(26)29)28-20(15-7-3-1-4-8-15)16-9-5-2-6-10-16/h1-10,13-14,22H,11-12H2,(H2,26,29). The molecule has 0 saturated heterocycles. The molecular weight excluding hydrogens is 372 g/mol. The first-order valence-corrected chi connectivity index (χ1v) is 9.36. The maximum atomic E-state index is 13.9. The van der Waals surface area contributed by atoms with Gasteiger partial charge >= 0.3 is 0 Å². The van der Waals surface area contributed by atoms with Gasteiger partial charge in [0.1, 0.15) is 5.69 Å². The van der Waals surface area contributed by atoms with E-state index in [2.05, 4.69) is 4.98 Å². The second-order valence-electron chi connectivity index (χ2n) is 6.95. The number of hydrogen-bond acceptors (Lipinski definition) is 3. The summed E-state index contributed by atoms with van der Waals surface area (Å²) in [5.41, 5.74) is 7.66. The molecule has 29 heavy (non-hydrogen) atoms. The Kier molecular flexibility index (Phi) is 5.16. The van der Waals surface area contributed by atoms with Crippen LogP contribution in [-0.4, -0.2) is 16.6 Å². The lowest BCUT2D eigenvalue weighted by atomic mass is 9.98. The zero-order valence-corrected chi connectivity index (χ0v) is 15.6. The third kappa shape index (κ3) is 3.92. The zero-order valence-electron chi connectivity index (χ0n) is 15.6. The summed E-state index contributed by atoms with van der Waals surface area (Å²) in [6.07, 6.45) is 0.0750. The van der Waals surface area contributed by atoms with Gasteiger partial charge < -0.3 is 5.73 Å². The normalized spacial score (nSPS) is 13.3. The van der Waals surface area contributed by atoms with Crippen LogP contribution < -0.4 is 5.73 Å². The third-order valence-electron chi connectivity index (χ3n) is 4.90. The van der Waals surface area contributed by atoms with Crippen molar-refractivity contribution in [2.24, 2.45) is 10.7 Å². The fourth-order valence-corrected chi connectivity index (χ4v) is 3.45. The van der Waals surface area contributed by atoms with Crippen LogP contribution in [0.3, 0.4) is 0 Å². The second-order valence-corrected chi connectivity index (χ2v) is 6.95. The predicted molar refractivity (Wildman–Crippen MR) is 108 cm³/mol. The number of aliphatic imine (C=N–C) groups is 1. The van der Waals surface area contributed by atoms with Crippen molar-refractivity contribution in [3.8, 4) is 0 Å². The lowest BCUT2D eigenvalue weighted by Gasteiger charge is -2.15. The minimum atomic E-state index is -2.85. The number of rotatable bonds is 6. The van der Waals surface area contributed by atoms with Gasteiger partial charge in [0.05, 0.1) is 23.2 Å². The molecule has 1 fully saturated rings. The van der Waals surface area contributed by atoms with E-state index in [4.69, 9.17) is 10.7 Å². The van der Waals surface area contributed by atoms with Crippen LogP contribution in [0.5, 0.6) is 0 Å². The Labute approximate surface area is 167 Å². The van der Waals surface area contributed by atoms with Crippen molar-refractivity contribution in [3.05, 3.63) is 94.8 Å². The van der Waals surface area contributed by atoms with Crippen LogP contribution in [0.15, 0.2) is 71.9 Å². The highest BCUT2D eigenvalue weighted by Gasteiger charge is 2.35. The van der Waals surface area contributed by atoms with Crippen LogP contribution in [0, 0.1) is 0 Å². The van der Waals surface area contributed by atoms with Crippen molar-refractivity contribution in [3.63, 3.8) is 0 Å². The molecular formula is C23H19F2N3O. The van der Waals surface area contributed by atoms with Gasteiger partial charge in [-0.2, -0.15) is 0 Å². The number of amides is 1. The Balaban J connectivity index is 1.96. The number of nitrogens with two attached hydrogens (primary N) is 1. The number of aromatic nitrogens is 1. The van der Waals surface area contributed by atoms with Gasteiger partial charge in [-0.1, -0.05) is 60.7 Å². The summed E-state index contributed by atoms with van der Waals surface area (Å²) in [6, 6.07) is 19.1. The molecule has 1 amide bonds. The molecule has 0 unspecified atom stereocenters. The average molecular weight is 391 g/mol. The zero-order chi connectivity index (χ0) is 20.4. The quantitative estimate of drug-likeness (QED) is 0.590. The number of benzene rings is 2. The minimum Gasteiger partial charge on any atom is -0.364 e. The molecule has 0 aliphatic heterocycles. The summed E-state index contributed by atoms with van der Waals surface area (Å²) in [5.74, 6) is -1.02. The highest BCUT2D eigenvalue weighted by Crippen LogP contribution is 2.48. The van der Waals surface area contributed by atoms with Gasteiger partial charge in [-0.15, -0.1) is 0 Å². The molecule has 2 aromatic carbocycles. The molecule has 6 heteroatoms. The van der Waals surface area contributed by atoms with E-state index in [1.807, 2.05) is 60.7 Å². The molecule has 1 aromatic heterocycles. The average Bonchev–Trinajstić information content (AvgIpc) is 3.57. The van der Waals surface area contributed by atoms with Crippen LogP contribution in [-0.2, 0) is 0 Å². The molecule has 1 saturated carbocycles. The maximum Gasteiger partial charge on any atom is 0.267 e. The predicted octanol–water partition coefficient (Wildman–Crippen LogP) is 5.16. The molecule has 1 aliphatic carbocycles. The van der Waals surface area contributed by atoms with E-state index >= 15 is 0 Å². The van der Waals surface area contributed by atoms with E-state index in [0.29, 0.717) is 17.0 Å². The number of alkyl halides is 2. The van der Waals surface area contributed by atoms with Crippen LogP contribution in [0.2, 0.25) is 0 Å². The first-order valence-electron chi connectivity index (χ1n) is 9.36. The summed E-state index contributed by atoms with van der Waals surface area (Å²) >= 11 is 0. The number of primary amides is 1. The SMILES string of the molecule is NC(=O)c1ncc(N=C(c2ccccc2)c2ccccc2)c(C2CC2)c1C(F)F. The fourth-order valence-electron chi connectivity index (χ4n) is 3.45. The molecule has 0 spiro atoms. The number of hydrogen-bond donors (Lipinski definition) is 1. The topological polar surface area (TPSA) is 68.3 Å². The fraction of sp³-hybridized carbons (Fsp3) is 0.174. The first-order chi connectivity index (χ1) is 14.1. The van der Waals surface area contributed by atoms with E-state index in [0.717, 1.165) is 24.0 Å². The van der Waals surface area contributed by atoms with Gasteiger partial charge in [0.15, 0.2) is 0 Å². The molecule has 2 N–H and O–H groups in total. The van der Waals surface area contributed by atoms with Crippen molar-refractivity contribution in [2.45, 2.75) is 25.2 Å². The second kappa shape index (κ2) is 7.91. The molecule has 4 rings (SSSR count). The van der Waals surface area contributed by atoms with E-state index < -0.39 is 12.3 Å². The number of halogens is 2. The van der Waals surface area contributed by atoms with Gasteiger partial charge in [-0.25, -0.2) is 18.8 Å². The minimum absolute atomic E-state index is 0.0633. The highest BCUT2D eigenvalue weighted by molar-refractivity contribution is 6.14. The van der Waals surface area contributed by atoms with E-state index in [1.165, 1.54) is 6.20 Å². The monoisotopic (exact) mass is 391 g/mol. The summed E-state index contributed by atoms with van der Waals surface area (Å²) in [7, 11) is 0. The number of nitrogens with zero attached hydrogens (tertiary/aromatic N) is 2. The van der Waals surface area contributed by atoms with Gasteiger partial charge in [0, 0.05) is 11.1 Å². The largest absolute Gasteiger partial charge is 0.364 e. The van der Waals surface area contributed by atoms with Crippen molar-refractivity contribution in [1.29, 1.82) is 0 Å². The molecule has 0 atom stereocenters. The first kappa shape index (κ1) is 18.9. The Hall–Kier alpha value is -3.41. The van der Waals surface area contributed by atoms with Gasteiger partial charge in [-0.05, 0) is 24.3 Å². The van der Waals surface area contributed by atoms with Gasteiger partial charge in [0.25, 0.3) is 12.3 Å². The molecule has 1 aliphatic rings. The Bertz CT molecular complexity index is 1020. The van der Waals surface area contributed by atoms with Gasteiger partial charge in [-0.3, -0.25) is 4.79 Å². The molecule has 3 aromatic rings. The highest BCUT2D eigenvalue weighted by atomic mass is 19.3. The number of carbonyl (C=O) groups excluding carboxylic acids is 1. The molecule has 0 bridgehead atoms. The van der Waals surface area contributed by atoms with Crippen LogP contribution in [0.1, 0.15) is 57.9 Å². The Morgan fingerprint density at radius 1 is 1.00 bits per heavy atom. The summed E-state index contributed by atoms with van der Waals surface area (Å²) < 4.78 is 27.8. The molecule has 146 valence electrons. The molecule has 0 radical (unpaired) electrons. The van der Waals surface area contributed by atoms with Crippen molar-refractivity contribution in [1.82, 2.24) is 4.98 Å². The lowest BCUT2D eigenvalue weighted by Crippen LogP contribution is -2.17. The van der Waals surface area contributed by atoms with Crippen LogP contribution in [0.25, 0.3) is 0 Å². The lowest BCUT2D eigenvalue weighted by molar-refractivity contribution is 0.0979. The summed E-state index contributed by atoms with van der Waals surface area (Å²) in [4.78, 5) is 20.4. The van der Waals surface area contributed by atoms with Crippen LogP contribution >= 0.6 is 0 Å².